The number of anilines is 2. The number of fused-ring (bicyclic) bond motifs is 1. The summed E-state index contributed by atoms with van der Waals surface area (Å²) in [5.41, 5.74) is 1.23. The van der Waals surface area contributed by atoms with Gasteiger partial charge in [0, 0.05) is 5.39 Å². The van der Waals surface area contributed by atoms with Gasteiger partial charge in [-0.15, -0.1) is 15.3 Å². The third-order valence-corrected chi connectivity index (χ3v) is 6.04. The lowest BCUT2D eigenvalue weighted by Gasteiger charge is -2.15. The first-order valence-electron chi connectivity index (χ1n) is 10.9. The van der Waals surface area contributed by atoms with Crippen LogP contribution < -0.4 is 5.01 Å². The molecule has 0 spiro atoms. The van der Waals surface area contributed by atoms with Gasteiger partial charge in [0.2, 0.25) is 0 Å². The smallest absolute Gasteiger partial charge is 0.282 e. The summed E-state index contributed by atoms with van der Waals surface area (Å²) in [6, 6.07) is 28.4. The SMILES string of the molecule is O=S(=O)(O)c1ccccc1N=Nc1ncnc(N(N=Nc2cccc3ccccc23)c2ccccc2)n1. The van der Waals surface area contributed by atoms with Gasteiger partial charge in [0.15, 0.2) is 0 Å². The van der Waals surface area contributed by atoms with Crippen LogP contribution in [-0.4, -0.2) is 27.9 Å². The van der Waals surface area contributed by atoms with E-state index in [4.69, 9.17) is 0 Å². The normalized spacial score (nSPS) is 11.9. The second kappa shape index (κ2) is 10.4. The molecule has 1 N–H and O–H groups in total. The summed E-state index contributed by atoms with van der Waals surface area (Å²) in [6.07, 6.45) is 1.23. The Hall–Kier alpha value is -4.94. The van der Waals surface area contributed by atoms with E-state index in [1.165, 1.54) is 29.5 Å². The minimum absolute atomic E-state index is 0.0671. The van der Waals surface area contributed by atoms with Crippen LogP contribution in [0.2, 0.25) is 0 Å². The first-order chi connectivity index (χ1) is 18.0. The Kier molecular flexibility index (Phi) is 6.66. The van der Waals surface area contributed by atoms with Gasteiger partial charge in [0.05, 0.1) is 11.4 Å². The Morgan fingerprint density at radius 1 is 0.703 bits per heavy atom. The van der Waals surface area contributed by atoms with Crippen molar-refractivity contribution in [1.82, 2.24) is 15.0 Å². The fourth-order valence-corrected chi connectivity index (χ4v) is 4.07. The van der Waals surface area contributed by atoms with E-state index >= 15 is 0 Å². The lowest BCUT2D eigenvalue weighted by molar-refractivity contribution is 0.483. The molecule has 0 saturated heterocycles. The van der Waals surface area contributed by atoms with Gasteiger partial charge in [-0.2, -0.15) is 28.4 Å². The number of rotatable bonds is 7. The second-order valence-corrected chi connectivity index (χ2v) is 8.95. The van der Waals surface area contributed by atoms with E-state index in [0.717, 1.165) is 10.8 Å². The van der Waals surface area contributed by atoms with Crippen LogP contribution in [0.3, 0.4) is 0 Å². The molecule has 4 aromatic carbocycles. The van der Waals surface area contributed by atoms with Gasteiger partial charge in [0.25, 0.3) is 22.0 Å². The molecule has 5 rings (SSSR count). The average molecular weight is 511 g/mol. The van der Waals surface area contributed by atoms with Gasteiger partial charge in [-0.25, -0.2) is 0 Å². The van der Waals surface area contributed by atoms with Gasteiger partial charge in [-0.3, -0.25) is 4.55 Å². The average Bonchev–Trinajstić information content (AvgIpc) is 2.93. The monoisotopic (exact) mass is 510 g/mol. The largest absolute Gasteiger partial charge is 0.296 e. The molecule has 5 aromatic rings. The van der Waals surface area contributed by atoms with E-state index in [0.29, 0.717) is 11.4 Å². The number of aromatic nitrogens is 3. The molecule has 0 unspecified atom stereocenters. The zero-order chi connectivity index (χ0) is 25.7. The van der Waals surface area contributed by atoms with Gasteiger partial charge in [0.1, 0.15) is 16.9 Å². The quantitative estimate of drug-likeness (QED) is 0.149. The highest BCUT2D eigenvalue weighted by molar-refractivity contribution is 7.86. The van der Waals surface area contributed by atoms with Crippen molar-refractivity contribution in [2.75, 3.05) is 5.01 Å². The molecule has 12 heteroatoms. The maximum Gasteiger partial charge on any atom is 0.296 e. The first-order valence-corrected chi connectivity index (χ1v) is 12.3. The molecule has 0 bridgehead atoms. The molecule has 0 fully saturated rings. The number of benzene rings is 4. The molecule has 0 aliphatic carbocycles. The summed E-state index contributed by atoms with van der Waals surface area (Å²) < 4.78 is 32.7. The highest BCUT2D eigenvalue weighted by Gasteiger charge is 2.16. The fraction of sp³-hybridized carbons (Fsp3) is 0. The van der Waals surface area contributed by atoms with Crippen LogP contribution in [0, 0.1) is 0 Å². The van der Waals surface area contributed by atoms with Crippen LogP contribution in [0.5, 0.6) is 0 Å². The van der Waals surface area contributed by atoms with E-state index in [1.807, 2.05) is 72.8 Å². The fourth-order valence-electron chi connectivity index (χ4n) is 3.45. The molecule has 1 aromatic heterocycles. The van der Waals surface area contributed by atoms with Crippen LogP contribution in [-0.2, 0) is 10.1 Å². The molecule has 0 atom stereocenters. The lowest BCUT2D eigenvalue weighted by Crippen LogP contribution is -2.11. The van der Waals surface area contributed by atoms with E-state index in [1.54, 1.807) is 6.07 Å². The summed E-state index contributed by atoms with van der Waals surface area (Å²) in [5.74, 6) is 0.0126. The molecule has 0 aliphatic heterocycles. The number of hydrogen-bond acceptors (Lipinski definition) is 9. The number of para-hydroxylation sites is 1. The predicted octanol–water partition coefficient (Wildman–Crippen LogP) is 6.52. The second-order valence-electron chi connectivity index (χ2n) is 7.56. The standard InChI is InChI=1S/C25H18N8O3S/c34-37(35,36)23-16-7-6-14-22(23)29-31-24-26-17-27-25(28-24)33(19-11-2-1-3-12-19)32-30-21-15-8-10-18-9-4-5-13-20(18)21/h1-17H,(H,34,35,36). The van der Waals surface area contributed by atoms with E-state index in [9.17, 15) is 13.0 Å². The molecule has 0 amide bonds. The van der Waals surface area contributed by atoms with Crippen LogP contribution >= 0.6 is 0 Å². The minimum Gasteiger partial charge on any atom is -0.282 e. The van der Waals surface area contributed by atoms with Gasteiger partial charge >= 0.3 is 0 Å². The van der Waals surface area contributed by atoms with Gasteiger partial charge in [-0.1, -0.05) is 72.0 Å². The van der Waals surface area contributed by atoms with Crippen molar-refractivity contribution in [3.8, 4) is 0 Å². The van der Waals surface area contributed by atoms with Crippen molar-refractivity contribution in [3.05, 3.63) is 103 Å². The highest BCUT2D eigenvalue weighted by Crippen LogP contribution is 2.29. The molecule has 0 saturated carbocycles. The Morgan fingerprint density at radius 2 is 1.41 bits per heavy atom. The zero-order valence-electron chi connectivity index (χ0n) is 19.1. The Labute approximate surface area is 211 Å². The Bertz CT molecular complexity index is 1720. The summed E-state index contributed by atoms with van der Waals surface area (Å²) in [5, 5.41) is 20.1. The highest BCUT2D eigenvalue weighted by atomic mass is 32.2. The topological polar surface area (TPSA) is 146 Å². The van der Waals surface area contributed by atoms with Crippen molar-refractivity contribution in [2.45, 2.75) is 4.90 Å². The van der Waals surface area contributed by atoms with E-state index < -0.39 is 10.1 Å². The molecule has 0 aliphatic rings. The van der Waals surface area contributed by atoms with Crippen molar-refractivity contribution >= 4 is 49.8 Å². The third-order valence-electron chi connectivity index (χ3n) is 5.14. The van der Waals surface area contributed by atoms with Crippen molar-refractivity contribution in [1.29, 1.82) is 0 Å². The zero-order valence-corrected chi connectivity index (χ0v) is 19.9. The maximum absolute atomic E-state index is 11.6. The van der Waals surface area contributed by atoms with Crippen LogP contribution in [0.15, 0.2) is 129 Å². The number of hydrogen-bond donors (Lipinski definition) is 1. The predicted molar refractivity (Wildman–Crippen MR) is 137 cm³/mol. The van der Waals surface area contributed by atoms with Crippen LogP contribution in [0.25, 0.3) is 10.8 Å². The summed E-state index contributed by atoms with van der Waals surface area (Å²) in [7, 11) is -4.49. The number of azo groups is 1. The molecular weight excluding hydrogens is 492 g/mol. The third kappa shape index (κ3) is 5.50. The van der Waals surface area contributed by atoms with E-state index in [-0.39, 0.29) is 22.5 Å². The van der Waals surface area contributed by atoms with Gasteiger partial charge < -0.3 is 0 Å². The molecule has 0 radical (unpaired) electrons. The first kappa shape index (κ1) is 23.8. The maximum atomic E-state index is 11.6. The van der Waals surface area contributed by atoms with Crippen molar-refractivity contribution < 1.29 is 13.0 Å². The van der Waals surface area contributed by atoms with Crippen molar-refractivity contribution in [3.63, 3.8) is 0 Å². The molecule has 11 nitrogen and oxygen atoms in total. The minimum atomic E-state index is -4.49. The van der Waals surface area contributed by atoms with Crippen LogP contribution in [0.1, 0.15) is 0 Å². The lowest BCUT2D eigenvalue weighted by atomic mass is 10.1. The molecule has 1 heterocycles. The van der Waals surface area contributed by atoms with Crippen LogP contribution in [0.4, 0.5) is 29.0 Å². The summed E-state index contributed by atoms with van der Waals surface area (Å²) >= 11 is 0. The summed E-state index contributed by atoms with van der Waals surface area (Å²) in [6.45, 7) is 0. The molecular formula is C25H18N8O3S. The molecule has 182 valence electrons. The summed E-state index contributed by atoms with van der Waals surface area (Å²) in [4.78, 5) is 12.1. The van der Waals surface area contributed by atoms with Crippen molar-refractivity contribution in [2.24, 2.45) is 20.6 Å². The van der Waals surface area contributed by atoms with Gasteiger partial charge in [-0.05, 0) is 35.7 Å². The van der Waals surface area contributed by atoms with E-state index in [2.05, 4.69) is 35.5 Å². The Balaban J connectivity index is 1.52. The molecule has 37 heavy (non-hydrogen) atoms. The number of nitrogens with zero attached hydrogens (tertiary/aromatic N) is 8. The Morgan fingerprint density at radius 3 is 2.24 bits per heavy atom.